The molecule has 4 aliphatic carbocycles. The molecule has 10 heteroatoms. The Kier molecular flexibility index (Phi) is 4.68. The van der Waals surface area contributed by atoms with Crippen LogP contribution in [0.5, 0.6) is 0 Å². The molecule has 1 amide bonds. The average Bonchev–Trinajstić information content (AvgIpc) is 3.48. The van der Waals surface area contributed by atoms with Crippen molar-refractivity contribution >= 4 is 11.6 Å². The Morgan fingerprint density at radius 1 is 1.26 bits per heavy atom. The van der Waals surface area contributed by atoms with Crippen molar-refractivity contribution in [3.8, 4) is 0 Å². The van der Waals surface area contributed by atoms with Gasteiger partial charge in [0, 0.05) is 31.1 Å². The molecule has 3 N–H and O–H groups in total. The second-order valence-corrected chi connectivity index (χ2v) is 11.3. The van der Waals surface area contributed by atoms with E-state index in [2.05, 4.69) is 15.4 Å². The maximum absolute atomic E-state index is 13.6. The van der Waals surface area contributed by atoms with Gasteiger partial charge in [0.1, 0.15) is 0 Å². The highest BCUT2D eigenvalue weighted by Crippen LogP contribution is 2.67. The van der Waals surface area contributed by atoms with Crippen LogP contribution in [0.4, 0.5) is 17.6 Å². The number of nitrogens with two attached hydrogens (primary N) is 1. The second kappa shape index (κ2) is 7.15. The monoisotopic (exact) mass is 479 g/mol. The van der Waals surface area contributed by atoms with Gasteiger partial charge in [-0.3, -0.25) is 4.79 Å². The molecular weight excluding hydrogens is 450 g/mol. The van der Waals surface area contributed by atoms with E-state index in [1.54, 1.807) is 16.9 Å². The zero-order valence-corrected chi connectivity index (χ0v) is 19.0. The van der Waals surface area contributed by atoms with E-state index in [0.717, 1.165) is 18.4 Å². The number of imidazole rings is 1. The van der Waals surface area contributed by atoms with Gasteiger partial charge in [0.25, 0.3) is 5.92 Å². The molecule has 2 heterocycles. The van der Waals surface area contributed by atoms with Gasteiger partial charge in [-0.25, -0.2) is 27.1 Å². The number of carbonyl (C=O) groups is 1. The number of nitrogens with zero attached hydrogens (tertiary/aromatic N) is 3. The predicted octanol–water partition coefficient (Wildman–Crippen LogP) is 4.20. The highest BCUT2D eigenvalue weighted by Gasteiger charge is 2.72. The highest BCUT2D eigenvalue weighted by molar-refractivity contribution is 5.77. The Morgan fingerprint density at radius 2 is 1.94 bits per heavy atom. The van der Waals surface area contributed by atoms with Gasteiger partial charge in [0.05, 0.1) is 29.7 Å². The molecule has 0 aliphatic heterocycles. The number of aromatic nitrogens is 3. The molecule has 1 unspecified atom stereocenters. The molecule has 0 aromatic carbocycles. The zero-order valence-electron chi connectivity index (χ0n) is 19.0. The Labute approximate surface area is 194 Å². The van der Waals surface area contributed by atoms with E-state index in [1.165, 1.54) is 0 Å². The van der Waals surface area contributed by atoms with Crippen molar-refractivity contribution in [3.05, 3.63) is 29.7 Å². The molecule has 2 aromatic rings. The lowest BCUT2D eigenvalue weighted by atomic mass is 9.79. The van der Waals surface area contributed by atoms with E-state index in [4.69, 9.17) is 5.73 Å². The standard InChI is InChI=1S/C24H29F4N5O/c1-22(29,15-6-16-17(7-15)24(16,27)28)18-11-33-19(31-18)5-14(10-30-33)21(13-2-3-13)32-20(34)4-12-8-23(25,26)9-12/h5,10-13,15-17,21H,2-4,6-9,29H2,1H3,(H,32,34)/t15-,16-,17+,21-,22?/m1/s1. The first-order valence-electron chi connectivity index (χ1n) is 12.1. The molecular formula is C24H29F4N5O. The molecule has 6 rings (SSSR count). The Bertz CT molecular complexity index is 1120. The number of fused-ring (bicyclic) bond motifs is 2. The highest BCUT2D eigenvalue weighted by atomic mass is 19.3. The van der Waals surface area contributed by atoms with Crippen molar-refractivity contribution in [1.29, 1.82) is 0 Å². The molecule has 0 bridgehead atoms. The van der Waals surface area contributed by atoms with Gasteiger partial charge in [-0.15, -0.1) is 0 Å². The maximum Gasteiger partial charge on any atom is 0.254 e. The van der Waals surface area contributed by atoms with E-state index < -0.39 is 29.2 Å². The molecule has 0 radical (unpaired) electrons. The van der Waals surface area contributed by atoms with Crippen LogP contribution < -0.4 is 11.1 Å². The van der Waals surface area contributed by atoms with Crippen molar-refractivity contribution in [1.82, 2.24) is 19.9 Å². The summed E-state index contributed by atoms with van der Waals surface area (Å²) in [5, 5.41) is 7.49. The summed E-state index contributed by atoms with van der Waals surface area (Å²) in [6.07, 6.45) is 5.87. The molecule has 4 fully saturated rings. The minimum atomic E-state index is -2.63. The van der Waals surface area contributed by atoms with Crippen LogP contribution in [-0.2, 0) is 10.3 Å². The molecule has 5 atom stereocenters. The number of amides is 1. The van der Waals surface area contributed by atoms with Crippen molar-refractivity contribution < 1.29 is 22.4 Å². The van der Waals surface area contributed by atoms with Crippen LogP contribution in [0, 0.1) is 29.6 Å². The summed E-state index contributed by atoms with van der Waals surface area (Å²) in [4.78, 5) is 17.2. The van der Waals surface area contributed by atoms with Crippen LogP contribution in [0.25, 0.3) is 5.65 Å². The molecule has 4 saturated carbocycles. The van der Waals surface area contributed by atoms with Crippen molar-refractivity contribution in [2.45, 2.75) is 75.3 Å². The van der Waals surface area contributed by atoms with Crippen LogP contribution in [0.2, 0.25) is 0 Å². The third kappa shape index (κ3) is 3.69. The van der Waals surface area contributed by atoms with E-state index in [9.17, 15) is 22.4 Å². The third-order valence-electron chi connectivity index (χ3n) is 8.60. The summed E-state index contributed by atoms with van der Waals surface area (Å²) in [7, 11) is 0. The first-order chi connectivity index (χ1) is 15.9. The van der Waals surface area contributed by atoms with Gasteiger partial charge in [0.15, 0.2) is 5.65 Å². The molecule has 0 saturated heterocycles. The Morgan fingerprint density at radius 3 is 2.56 bits per heavy atom. The lowest BCUT2D eigenvalue weighted by Crippen LogP contribution is -2.41. The summed E-state index contributed by atoms with van der Waals surface area (Å²) in [5.74, 6) is -6.55. The molecule has 6 nitrogen and oxygen atoms in total. The third-order valence-corrected chi connectivity index (χ3v) is 8.60. The van der Waals surface area contributed by atoms with Gasteiger partial charge in [-0.1, -0.05) is 0 Å². The normalized spacial score (nSPS) is 32.0. The number of rotatable bonds is 7. The fourth-order valence-electron chi connectivity index (χ4n) is 6.16. The quantitative estimate of drug-likeness (QED) is 0.583. The first kappa shape index (κ1) is 22.2. The molecule has 2 aromatic heterocycles. The van der Waals surface area contributed by atoms with E-state index >= 15 is 0 Å². The minimum Gasteiger partial charge on any atom is -0.349 e. The molecule has 4 aliphatic rings. The van der Waals surface area contributed by atoms with Crippen molar-refractivity contribution in [3.63, 3.8) is 0 Å². The number of nitrogens with one attached hydrogen (secondary N) is 1. The van der Waals surface area contributed by atoms with Crippen LogP contribution in [0.3, 0.4) is 0 Å². The summed E-state index contributed by atoms with van der Waals surface area (Å²) in [5.41, 5.74) is 7.80. The molecule has 184 valence electrons. The Balaban J connectivity index is 1.17. The molecule has 0 spiro atoms. The topological polar surface area (TPSA) is 85.3 Å². The van der Waals surface area contributed by atoms with Crippen LogP contribution in [0.1, 0.15) is 69.2 Å². The largest absolute Gasteiger partial charge is 0.349 e. The SMILES string of the molecule is CC(N)(c1cn2ncc([C@H](NC(=O)CC3CC(F)(F)C3)C3CC3)cc2n1)[C@@H]1C[C@@H]2[C@H](C1)C2(F)F. The number of halogens is 4. The smallest absolute Gasteiger partial charge is 0.254 e. The lowest BCUT2D eigenvalue weighted by molar-refractivity contribution is -0.134. The number of hydrogen-bond donors (Lipinski definition) is 2. The second-order valence-electron chi connectivity index (χ2n) is 11.3. The van der Waals surface area contributed by atoms with Gasteiger partial charge >= 0.3 is 0 Å². The molecule has 34 heavy (non-hydrogen) atoms. The van der Waals surface area contributed by atoms with Crippen molar-refractivity contribution in [2.75, 3.05) is 0 Å². The number of hydrogen-bond acceptors (Lipinski definition) is 4. The van der Waals surface area contributed by atoms with Gasteiger partial charge in [-0.2, -0.15) is 5.10 Å². The van der Waals surface area contributed by atoms with E-state index in [-0.39, 0.29) is 49.0 Å². The summed E-state index contributed by atoms with van der Waals surface area (Å²) >= 11 is 0. The van der Waals surface area contributed by atoms with Gasteiger partial charge in [0.2, 0.25) is 11.8 Å². The predicted molar refractivity (Wildman–Crippen MR) is 115 cm³/mol. The van der Waals surface area contributed by atoms with E-state index in [1.807, 2.05) is 13.0 Å². The van der Waals surface area contributed by atoms with Crippen LogP contribution in [0.15, 0.2) is 18.5 Å². The fourth-order valence-corrected chi connectivity index (χ4v) is 6.16. The number of carbonyl (C=O) groups excluding carboxylic acids is 1. The van der Waals surface area contributed by atoms with Crippen LogP contribution >= 0.6 is 0 Å². The fraction of sp³-hybridized carbons (Fsp3) is 0.708. The van der Waals surface area contributed by atoms with Crippen molar-refractivity contribution in [2.24, 2.45) is 35.3 Å². The summed E-state index contributed by atoms with van der Waals surface area (Å²) < 4.78 is 55.1. The van der Waals surface area contributed by atoms with E-state index in [0.29, 0.717) is 24.2 Å². The zero-order chi connectivity index (χ0) is 24.0. The Hall–Kier alpha value is -2.23. The summed E-state index contributed by atoms with van der Waals surface area (Å²) in [6.45, 7) is 1.85. The average molecular weight is 480 g/mol. The van der Waals surface area contributed by atoms with Crippen LogP contribution in [-0.4, -0.2) is 32.4 Å². The summed E-state index contributed by atoms with van der Waals surface area (Å²) in [6, 6.07) is 1.63. The maximum atomic E-state index is 13.6. The van der Waals surface area contributed by atoms with Gasteiger partial charge in [-0.05, 0) is 62.0 Å². The number of alkyl halides is 4. The lowest BCUT2D eigenvalue weighted by Gasteiger charge is -2.34. The van der Waals surface area contributed by atoms with Gasteiger partial charge < -0.3 is 11.1 Å². The first-order valence-corrected chi connectivity index (χ1v) is 12.1. The minimum absolute atomic E-state index is 0.0658.